The molecule has 0 radical (unpaired) electrons. The highest BCUT2D eigenvalue weighted by molar-refractivity contribution is 5.85. The van der Waals surface area contributed by atoms with Crippen LogP contribution in [0, 0.1) is 5.92 Å². The van der Waals surface area contributed by atoms with Gasteiger partial charge in [-0.3, -0.25) is 10.1 Å². The number of hydrogen-bond donors (Lipinski definition) is 2. The van der Waals surface area contributed by atoms with Crippen molar-refractivity contribution in [3.05, 3.63) is 29.8 Å². The molecule has 3 N–H and O–H groups in total. The van der Waals surface area contributed by atoms with Crippen molar-refractivity contribution >= 4 is 5.91 Å². The van der Waals surface area contributed by atoms with Crippen LogP contribution in [0.4, 0.5) is 8.78 Å². The molecular weight excluding hydrogens is 266 g/mol. The van der Waals surface area contributed by atoms with Gasteiger partial charge in [0.15, 0.2) is 0 Å². The third kappa shape index (κ3) is 3.45. The number of primary amides is 1. The van der Waals surface area contributed by atoms with E-state index in [2.05, 4.69) is 10.1 Å². The number of halogens is 2. The topological polar surface area (TPSA) is 64.3 Å². The third-order valence-electron chi connectivity index (χ3n) is 3.57. The van der Waals surface area contributed by atoms with Crippen molar-refractivity contribution in [2.45, 2.75) is 31.9 Å². The number of carbonyl (C=O) groups excluding carboxylic acids is 1. The summed E-state index contributed by atoms with van der Waals surface area (Å²) < 4.78 is 28.8. The molecular formula is C14H18F2N2O2. The summed E-state index contributed by atoms with van der Waals surface area (Å²) in [7, 11) is 0. The Balaban J connectivity index is 2.20. The van der Waals surface area contributed by atoms with Crippen LogP contribution in [0.1, 0.15) is 25.3 Å². The average Bonchev–Trinajstić information content (AvgIpc) is 3.19. The molecule has 110 valence electrons. The van der Waals surface area contributed by atoms with Crippen LogP contribution in [0.3, 0.4) is 0 Å². The molecule has 1 aliphatic carbocycles. The zero-order valence-corrected chi connectivity index (χ0v) is 11.2. The highest BCUT2D eigenvalue weighted by Gasteiger charge is 2.35. The van der Waals surface area contributed by atoms with Crippen molar-refractivity contribution in [1.29, 1.82) is 0 Å². The number of hydrogen-bond acceptors (Lipinski definition) is 3. The summed E-state index contributed by atoms with van der Waals surface area (Å²) in [6.45, 7) is -0.567. The fourth-order valence-corrected chi connectivity index (χ4v) is 1.99. The summed E-state index contributed by atoms with van der Waals surface area (Å²) in [5.41, 5.74) is 4.89. The normalized spacial score (nSPS) is 17.8. The van der Waals surface area contributed by atoms with Gasteiger partial charge in [-0.05, 0) is 49.9 Å². The van der Waals surface area contributed by atoms with Gasteiger partial charge in [0, 0.05) is 0 Å². The molecule has 6 heteroatoms. The lowest BCUT2D eigenvalue weighted by Gasteiger charge is -2.28. The molecule has 4 nitrogen and oxygen atoms in total. The molecule has 1 aromatic carbocycles. The summed E-state index contributed by atoms with van der Waals surface area (Å²) in [6, 6.07) is 6.06. The first-order valence-corrected chi connectivity index (χ1v) is 6.52. The molecule has 2 rings (SSSR count). The van der Waals surface area contributed by atoms with Crippen molar-refractivity contribution in [3.8, 4) is 5.75 Å². The van der Waals surface area contributed by atoms with Gasteiger partial charge in [0.05, 0.1) is 0 Å². The summed E-state index contributed by atoms with van der Waals surface area (Å²) in [6.07, 6.45) is 2.27. The fraction of sp³-hybridized carbons (Fsp3) is 0.500. The Morgan fingerprint density at radius 1 is 1.55 bits per heavy atom. The van der Waals surface area contributed by atoms with Crippen molar-refractivity contribution in [3.63, 3.8) is 0 Å². The van der Waals surface area contributed by atoms with Gasteiger partial charge >= 0.3 is 6.61 Å². The van der Waals surface area contributed by atoms with E-state index in [0.717, 1.165) is 12.8 Å². The van der Waals surface area contributed by atoms with Crippen LogP contribution in [-0.4, -0.2) is 19.1 Å². The second-order valence-corrected chi connectivity index (χ2v) is 5.22. The van der Waals surface area contributed by atoms with Crippen LogP contribution in [0.2, 0.25) is 0 Å². The summed E-state index contributed by atoms with van der Waals surface area (Å²) in [5, 5.41) is 3.14. The Labute approximate surface area is 116 Å². The molecule has 1 fully saturated rings. The number of alkyl halides is 2. The van der Waals surface area contributed by atoms with Crippen molar-refractivity contribution in [1.82, 2.24) is 5.32 Å². The Morgan fingerprint density at radius 2 is 2.25 bits per heavy atom. The molecule has 1 unspecified atom stereocenters. The lowest BCUT2D eigenvalue weighted by Crippen LogP contribution is -2.51. The largest absolute Gasteiger partial charge is 0.435 e. The monoisotopic (exact) mass is 284 g/mol. The predicted molar refractivity (Wildman–Crippen MR) is 70.3 cm³/mol. The maximum absolute atomic E-state index is 12.2. The van der Waals surface area contributed by atoms with Gasteiger partial charge in [-0.25, -0.2) is 0 Å². The average molecular weight is 284 g/mol. The number of nitrogens with two attached hydrogens (primary N) is 1. The van der Waals surface area contributed by atoms with Crippen LogP contribution >= 0.6 is 0 Å². The van der Waals surface area contributed by atoms with Gasteiger partial charge in [0.2, 0.25) is 5.91 Å². The minimum Gasteiger partial charge on any atom is -0.435 e. The first-order valence-electron chi connectivity index (χ1n) is 6.52. The van der Waals surface area contributed by atoms with Gasteiger partial charge < -0.3 is 10.5 Å². The molecule has 0 aliphatic heterocycles. The van der Waals surface area contributed by atoms with Gasteiger partial charge in [-0.2, -0.15) is 8.78 Å². The summed E-state index contributed by atoms with van der Waals surface area (Å²) in [4.78, 5) is 11.8. The van der Waals surface area contributed by atoms with Crippen molar-refractivity contribution < 1.29 is 18.3 Å². The number of rotatable bonds is 7. The first-order chi connectivity index (χ1) is 9.41. The second kappa shape index (κ2) is 5.75. The van der Waals surface area contributed by atoms with Crippen LogP contribution in [0.5, 0.6) is 5.75 Å². The van der Waals surface area contributed by atoms with E-state index in [4.69, 9.17) is 5.73 Å². The fourth-order valence-electron chi connectivity index (χ4n) is 1.99. The van der Waals surface area contributed by atoms with Gasteiger partial charge in [0.1, 0.15) is 11.3 Å². The number of nitrogens with one attached hydrogen (secondary N) is 1. The first kappa shape index (κ1) is 14.7. The van der Waals surface area contributed by atoms with Crippen molar-refractivity contribution in [2.75, 3.05) is 6.54 Å². The maximum Gasteiger partial charge on any atom is 0.387 e. The standard InChI is InChI=1S/C14H18F2N2O2/c1-14(12(17)19,18-8-9-5-6-9)10-3-2-4-11(7-10)20-13(15)16/h2-4,7,9,13,18H,5-6,8H2,1H3,(H2,17,19). The molecule has 0 spiro atoms. The van der Waals surface area contributed by atoms with Crippen molar-refractivity contribution in [2.24, 2.45) is 11.7 Å². The Hall–Kier alpha value is -1.69. The van der Waals surface area contributed by atoms with E-state index in [1.807, 2.05) is 0 Å². The Kier molecular flexibility index (Phi) is 4.23. The molecule has 1 amide bonds. The number of amides is 1. The smallest absolute Gasteiger partial charge is 0.387 e. The van der Waals surface area contributed by atoms with E-state index in [1.165, 1.54) is 12.1 Å². The molecule has 1 aliphatic rings. The lowest BCUT2D eigenvalue weighted by molar-refractivity contribution is -0.124. The summed E-state index contributed by atoms with van der Waals surface area (Å²) in [5.74, 6) is 0.0275. The molecule has 0 aromatic heterocycles. The van der Waals surface area contributed by atoms with Crippen LogP contribution in [0.25, 0.3) is 0 Å². The molecule has 1 atom stereocenters. The number of ether oxygens (including phenoxy) is 1. The van der Waals surface area contributed by atoms with E-state index in [0.29, 0.717) is 18.0 Å². The van der Waals surface area contributed by atoms with E-state index in [1.54, 1.807) is 19.1 Å². The highest BCUT2D eigenvalue weighted by Crippen LogP contribution is 2.31. The van der Waals surface area contributed by atoms with Crippen LogP contribution in [-0.2, 0) is 10.3 Å². The third-order valence-corrected chi connectivity index (χ3v) is 3.57. The second-order valence-electron chi connectivity index (χ2n) is 5.22. The quantitative estimate of drug-likeness (QED) is 0.804. The molecule has 1 saturated carbocycles. The molecule has 1 aromatic rings. The number of carbonyl (C=O) groups is 1. The molecule has 20 heavy (non-hydrogen) atoms. The predicted octanol–water partition coefficient (Wildman–Crippen LogP) is 1.99. The van der Waals surface area contributed by atoms with Crippen LogP contribution in [0.15, 0.2) is 24.3 Å². The van der Waals surface area contributed by atoms with E-state index in [9.17, 15) is 13.6 Å². The van der Waals surface area contributed by atoms with Gasteiger partial charge in [-0.15, -0.1) is 0 Å². The maximum atomic E-state index is 12.2. The Bertz CT molecular complexity index is 492. The SMILES string of the molecule is CC(NCC1CC1)(C(N)=O)c1cccc(OC(F)F)c1. The zero-order chi connectivity index (χ0) is 14.8. The zero-order valence-electron chi connectivity index (χ0n) is 11.2. The minimum atomic E-state index is -2.90. The highest BCUT2D eigenvalue weighted by atomic mass is 19.3. The minimum absolute atomic E-state index is 0.0122. The molecule has 0 bridgehead atoms. The van der Waals surface area contributed by atoms with Gasteiger partial charge in [-0.1, -0.05) is 12.1 Å². The lowest BCUT2D eigenvalue weighted by atomic mass is 9.91. The van der Waals surface area contributed by atoms with E-state index < -0.39 is 18.1 Å². The van der Waals surface area contributed by atoms with E-state index >= 15 is 0 Å². The van der Waals surface area contributed by atoms with Gasteiger partial charge in [0.25, 0.3) is 0 Å². The molecule has 0 saturated heterocycles. The molecule has 0 heterocycles. The summed E-state index contributed by atoms with van der Waals surface area (Å²) >= 11 is 0. The Morgan fingerprint density at radius 3 is 2.80 bits per heavy atom. The number of benzene rings is 1. The van der Waals surface area contributed by atoms with E-state index in [-0.39, 0.29) is 5.75 Å². The van der Waals surface area contributed by atoms with Crippen LogP contribution < -0.4 is 15.8 Å².